The molecule has 2 aromatic heterocycles. The molecule has 31 heavy (non-hydrogen) atoms. The Bertz CT molecular complexity index is 1170. The minimum Gasteiger partial charge on any atom is -0.352 e. The van der Waals surface area contributed by atoms with Crippen LogP contribution in [0.25, 0.3) is 5.69 Å². The topological polar surface area (TPSA) is 33.1 Å². The highest BCUT2D eigenvalue weighted by molar-refractivity contribution is 7.80. The molecule has 0 unspecified atom stereocenters. The molecule has 0 amide bonds. The zero-order valence-corrected chi connectivity index (χ0v) is 18.2. The Kier molecular flexibility index (Phi) is 5.26. The van der Waals surface area contributed by atoms with Gasteiger partial charge >= 0.3 is 0 Å². The molecule has 1 saturated heterocycles. The number of hydrogen-bond acceptors (Lipinski definition) is 2. The molecule has 2 atom stereocenters. The highest BCUT2D eigenvalue weighted by atomic mass is 32.1. The number of rotatable bonds is 5. The van der Waals surface area contributed by atoms with E-state index in [0.717, 1.165) is 23.0 Å². The lowest BCUT2D eigenvalue weighted by Gasteiger charge is -2.29. The fourth-order valence-corrected chi connectivity index (χ4v) is 4.70. The van der Waals surface area contributed by atoms with Gasteiger partial charge in [0.1, 0.15) is 0 Å². The van der Waals surface area contributed by atoms with E-state index in [9.17, 15) is 0 Å². The summed E-state index contributed by atoms with van der Waals surface area (Å²) in [7, 11) is 0. The van der Waals surface area contributed by atoms with E-state index >= 15 is 0 Å². The number of nitrogens with zero attached hydrogens (tertiary/aromatic N) is 3. The first kappa shape index (κ1) is 19.5. The van der Waals surface area contributed by atoms with Gasteiger partial charge in [0.05, 0.1) is 17.8 Å². The Morgan fingerprint density at radius 3 is 2.29 bits per heavy atom. The predicted molar refractivity (Wildman–Crippen MR) is 128 cm³/mol. The van der Waals surface area contributed by atoms with Crippen LogP contribution in [0.1, 0.15) is 34.7 Å². The zero-order valence-electron chi connectivity index (χ0n) is 17.3. The van der Waals surface area contributed by atoms with E-state index in [4.69, 9.17) is 12.2 Å². The van der Waals surface area contributed by atoms with Gasteiger partial charge in [-0.15, -0.1) is 0 Å². The van der Waals surface area contributed by atoms with Gasteiger partial charge in [-0.25, -0.2) is 0 Å². The second-order valence-electron chi connectivity index (χ2n) is 7.81. The van der Waals surface area contributed by atoms with Gasteiger partial charge < -0.3 is 14.8 Å². The van der Waals surface area contributed by atoms with E-state index in [1.54, 1.807) is 0 Å². The lowest BCUT2D eigenvalue weighted by molar-refractivity contribution is 0.302. The van der Waals surface area contributed by atoms with Gasteiger partial charge in [-0.3, -0.25) is 4.98 Å². The molecule has 1 aliphatic heterocycles. The summed E-state index contributed by atoms with van der Waals surface area (Å²) in [4.78, 5) is 6.95. The first-order valence-corrected chi connectivity index (χ1v) is 10.9. The molecule has 5 rings (SSSR count). The molecule has 2 aromatic carbocycles. The van der Waals surface area contributed by atoms with Gasteiger partial charge in [-0.1, -0.05) is 54.6 Å². The molecule has 1 N–H and O–H groups in total. The van der Waals surface area contributed by atoms with Crippen molar-refractivity contribution in [2.75, 3.05) is 0 Å². The Hall–Kier alpha value is -3.44. The summed E-state index contributed by atoms with van der Waals surface area (Å²) in [5.41, 5.74) is 5.76. The molecule has 0 radical (unpaired) electrons. The average Bonchev–Trinajstić information content (AvgIpc) is 3.35. The van der Waals surface area contributed by atoms with Crippen molar-refractivity contribution in [3.8, 4) is 5.69 Å². The van der Waals surface area contributed by atoms with Crippen molar-refractivity contribution in [2.45, 2.75) is 25.6 Å². The quantitative estimate of drug-likeness (QED) is 0.438. The lowest BCUT2D eigenvalue weighted by atomic mass is 10.0. The third-order valence-corrected chi connectivity index (χ3v) is 6.17. The molecule has 3 heterocycles. The van der Waals surface area contributed by atoms with E-state index in [1.807, 2.05) is 30.5 Å². The Morgan fingerprint density at radius 2 is 1.58 bits per heavy atom. The predicted octanol–water partition coefficient (Wildman–Crippen LogP) is 5.35. The number of nitrogens with one attached hydrogen (secondary N) is 1. The lowest BCUT2D eigenvalue weighted by Crippen LogP contribution is -2.30. The van der Waals surface area contributed by atoms with Crippen LogP contribution in [0.4, 0.5) is 0 Å². The summed E-state index contributed by atoms with van der Waals surface area (Å²) < 4.78 is 2.33. The Balaban J connectivity index is 1.63. The first-order valence-electron chi connectivity index (χ1n) is 10.5. The van der Waals surface area contributed by atoms with Gasteiger partial charge in [-0.2, -0.15) is 0 Å². The van der Waals surface area contributed by atoms with Crippen LogP contribution in [0.5, 0.6) is 0 Å². The van der Waals surface area contributed by atoms with E-state index in [1.165, 1.54) is 17.0 Å². The Morgan fingerprint density at radius 1 is 0.871 bits per heavy atom. The highest BCUT2D eigenvalue weighted by Gasteiger charge is 2.41. The number of hydrogen-bond donors (Lipinski definition) is 1. The van der Waals surface area contributed by atoms with Gasteiger partial charge in [0.2, 0.25) is 0 Å². The summed E-state index contributed by atoms with van der Waals surface area (Å²) in [5.74, 6) is 0. The van der Waals surface area contributed by atoms with Gasteiger partial charge in [0.15, 0.2) is 5.11 Å². The molecular formula is C26H24N4S. The van der Waals surface area contributed by atoms with Gasteiger partial charge in [0.25, 0.3) is 0 Å². The summed E-state index contributed by atoms with van der Waals surface area (Å²) in [6.07, 6.45) is 1.85. The van der Waals surface area contributed by atoms with E-state index in [-0.39, 0.29) is 12.1 Å². The molecule has 4 aromatic rings. The minimum atomic E-state index is -0.0332. The number of para-hydroxylation sites is 1. The van der Waals surface area contributed by atoms with Crippen LogP contribution in [0, 0.1) is 6.92 Å². The summed E-state index contributed by atoms with van der Waals surface area (Å²) >= 11 is 5.84. The maximum Gasteiger partial charge on any atom is 0.170 e. The molecule has 0 spiro atoms. The molecule has 0 aliphatic carbocycles. The average molecular weight is 425 g/mol. The third-order valence-electron chi connectivity index (χ3n) is 5.82. The monoisotopic (exact) mass is 424 g/mol. The van der Waals surface area contributed by atoms with Crippen LogP contribution < -0.4 is 5.32 Å². The van der Waals surface area contributed by atoms with Crippen LogP contribution >= 0.6 is 12.2 Å². The standard InChI is InChI=1S/C26H24N4S/c1-19-15-16-23(30(19)21-12-6-3-7-13-21)25-24(22-14-8-9-17-27-22)28-26(31)29(25)18-20-10-4-2-5-11-20/h2-17,24-25H,18H2,1H3,(H,28,31)/t24-,25-/m0/s1. The molecule has 5 heteroatoms. The van der Waals surface area contributed by atoms with Crippen molar-refractivity contribution in [1.29, 1.82) is 0 Å². The number of aromatic nitrogens is 2. The van der Waals surface area contributed by atoms with Crippen molar-refractivity contribution >= 4 is 17.3 Å². The number of benzene rings is 2. The smallest absolute Gasteiger partial charge is 0.170 e. The first-order chi connectivity index (χ1) is 15.2. The largest absolute Gasteiger partial charge is 0.352 e. The van der Waals surface area contributed by atoms with Crippen molar-refractivity contribution < 1.29 is 0 Å². The van der Waals surface area contributed by atoms with Crippen molar-refractivity contribution in [2.24, 2.45) is 0 Å². The molecule has 0 saturated carbocycles. The van der Waals surface area contributed by atoms with Crippen LogP contribution in [0.15, 0.2) is 97.2 Å². The van der Waals surface area contributed by atoms with E-state index in [2.05, 4.69) is 93.4 Å². The second kappa shape index (κ2) is 8.36. The second-order valence-corrected chi connectivity index (χ2v) is 8.20. The number of thiocarbonyl (C=S) groups is 1. The SMILES string of the molecule is Cc1ccc([C@H]2[C@H](c3ccccn3)NC(=S)N2Cc2ccccc2)n1-c1ccccc1. The van der Waals surface area contributed by atoms with Crippen LogP contribution in [0.3, 0.4) is 0 Å². The summed E-state index contributed by atoms with van der Waals surface area (Å²) in [6.45, 7) is 2.88. The van der Waals surface area contributed by atoms with Crippen LogP contribution in [0.2, 0.25) is 0 Å². The van der Waals surface area contributed by atoms with Crippen molar-refractivity contribution in [1.82, 2.24) is 19.8 Å². The molecule has 0 bridgehead atoms. The normalized spacial score (nSPS) is 18.2. The minimum absolute atomic E-state index is 0.0107. The molecule has 1 aliphatic rings. The Labute approximate surface area is 188 Å². The van der Waals surface area contributed by atoms with Crippen molar-refractivity contribution in [3.63, 3.8) is 0 Å². The molecular weight excluding hydrogens is 400 g/mol. The maximum atomic E-state index is 5.84. The van der Waals surface area contributed by atoms with Crippen LogP contribution in [-0.4, -0.2) is 19.6 Å². The molecule has 1 fully saturated rings. The zero-order chi connectivity index (χ0) is 21.2. The third kappa shape index (κ3) is 3.73. The van der Waals surface area contributed by atoms with E-state index in [0.29, 0.717) is 0 Å². The van der Waals surface area contributed by atoms with E-state index < -0.39 is 0 Å². The number of aryl methyl sites for hydroxylation is 1. The van der Waals surface area contributed by atoms with Gasteiger partial charge in [-0.05, 0) is 61.1 Å². The number of pyridine rings is 1. The maximum absolute atomic E-state index is 5.84. The summed E-state index contributed by atoms with van der Waals surface area (Å²) in [5, 5.41) is 4.31. The fourth-order valence-electron chi connectivity index (χ4n) is 4.40. The van der Waals surface area contributed by atoms with Gasteiger partial charge in [0, 0.05) is 29.8 Å². The summed E-state index contributed by atoms with van der Waals surface area (Å²) in [6, 6.07) is 31.4. The molecule has 4 nitrogen and oxygen atoms in total. The highest BCUT2D eigenvalue weighted by Crippen LogP contribution is 2.41. The molecule has 154 valence electrons. The fraction of sp³-hybridized carbons (Fsp3) is 0.154. The van der Waals surface area contributed by atoms with Crippen LogP contribution in [-0.2, 0) is 6.54 Å². The van der Waals surface area contributed by atoms with Crippen molar-refractivity contribution in [3.05, 3.63) is 120 Å².